The third kappa shape index (κ3) is 0.944. The standard InChI is InChI=1S/C7H13NO2/c9-8-6-2-1-3-7(8)5-10-4-6/h6-7,9H,1-5H2. The minimum atomic E-state index is 0.285. The number of hydrogen-bond donors (Lipinski definition) is 1. The van der Waals surface area contributed by atoms with Crippen molar-refractivity contribution in [1.29, 1.82) is 0 Å². The van der Waals surface area contributed by atoms with E-state index >= 15 is 0 Å². The topological polar surface area (TPSA) is 32.7 Å². The number of rotatable bonds is 0. The zero-order valence-corrected chi connectivity index (χ0v) is 5.99. The molecule has 0 saturated carbocycles. The molecule has 2 saturated heterocycles. The van der Waals surface area contributed by atoms with Crippen molar-refractivity contribution in [1.82, 2.24) is 5.06 Å². The molecular formula is C7H13NO2. The normalized spacial score (nSPS) is 41.7. The van der Waals surface area contributed by atoms with Crippen molar-refractivity contribution in [3.8, 4) is 0 Å². The fraction of sp³-hybridized carbons (Fsp3) is 1.00. The van der Waals surface area contributed by atoms with Crippen molar-refractivity contribution in [2.24, 2.45) is 0 Å². The van der Waals surface area contributed by atoms with Crippen LogP contribution in [-0.4, -0.2) is 35.6 Å². The van der Waals surface area contributed by atoms with Gasteiger partial charge in [-0.2, -0.15) is 5.06 Å². The number of morpholine rings is 1. The zero-order chi connectivity index (χ0) is 6.97. The molecule has 2 heterocycles. The Labute approximate surface area is 60.5 Å². The summed E-state index contributed by atoms with van der Waals surface area (Å²) in [5.74, 6) is 0. The van der Waals surface area contributed by atoms with Gasteiger partial charge in [0.1, 0.15) is 0 Å². The lowest BCUT2D eigenvalue weighted by Crippen LogP contribution is -2.52. The first kappa shape index (κ1) is 6.58. The summed E-state index contributed by atoms with van der Waals surface area (Å²) < 4.78 is 5.31. The Morgan fingerprint density at radius 2 is 1.80 bits per heavy atom. The number of hydroxylamine groups is 2. The Kier molecular flexibility index (Phi) is 1.64. The number of piperidine rings is 1. The lowest BCUT2D eigenvalue weighted by atomic mass is 9.97. The summed E-state index contributed by atoms with van der Waals surface area (Å²) in [4.78, 5) is 0. The maximum absolute atomic E-state index is 9.44. The Balaban J connectivity index is 2.05. The second-order valence-electron chi connectivity index (χ2n) is 3.16. The highest BCUT2D eigenvalue weighted by Crippen LogP contribution is 2.24. The number of nitrogens with zero attached hydrogens (tertiary/aromatic N) is 1. The van der Waals surface area contributed by atoms with E-state index in [4.69, 9.17) is 4.74 Å². The van der Waals surface area contributed by atoms with E-state index in [1.165, 1.54) is 11.5 Å². The molecule has 0 spiro atoms. The van der Waals surface area contributed by atoms with E-state index in [1.807, 2.05) is 0 Å². The van der Waals surface area contributed by atoms with Crippen LogP contribution in [0.1, 0.15) is 19.3 Å². The molecule has 0 radical (unpaired) electrons. The first-order valence-corrected chi connectivity index (χ1v) is 3.93. The van der Waals surface area contributed by atoms with E-state index in [0.29, 0.717) is 13.2 Å². The first-order valence-electron chi connectivity index (χ1n) is 3.93. The average molecular weight is 143 g/mol. The lowest BCUT2D eigenvalue weighted by Gasteiger charge is -2.41. The van der Waals surface area contributed by atoms with Crippen LogP contribution in [-0.2, 0) is 4.74 Å². The summed E-state index contributed by atoms with van der Waals surface area (Å²) in [7, 11) is 0. The van der Waals surface area contributed by atoms with Crippen molar-refractivity contribution >= 4 is 0 Å². The maximum Gasteiger partial charge on any atom is 0.0646 e. The molecule has 2 aliphatic heterocycles. The largest absolute Gasteiger partial charge is 0.378 e. The van der Waals surface area contributed by atoms with Gasteiger partial charge in [-0.25, -0.2) is 0 Å². The van der Waals surface area contributed by atoms with E-state index < -0.39 is 0 Å². The average Bonchev–Trinajstić information content (AvgIpc) is 1.86. The van der Waals surface area contributed by atoms with Crippen molar-refractivity contribution in [3.63, 3.8) is 0 Å². The van der Waals surface area contributed by atoms with Crippen LogP contribution in [0.25, 0.3) is 0 Å². The molecule has 2 atom stereocenters. The van der Waals surface area contributed by atoms with E-state index in [-0.39, 0.29) is 12.1 Å². The summed E-state index contributed by atoms with van der Waals surface area (Å²) in [5, 5.41) is 10.9. The highest BCUT2D eigenvalue weighted by Gasteiger charge is 2.33. The number of hydrogen-bond acceptors (Lipinski definition) is 3. The molecule has 0 amide bonds. The van der Waals surface area contributed by atoms with Gasteiger partial charge in [-0.05, 0) is 19.3 Å². The molecule has 0 aromatic carbocycles. The van der Waals surface area contributed by atoms with Crippen molar-refractivity contribution in [2.75, 3.05) is 13.2 Å². The minimum Gasteiger partial charge on any atom is -0.378 e. The van der Waals surface area contributed by atoms with Crippen LogP contribution in [0.15, 0.2) is 0 Å². The van der Waals surface area contributed by atoms with E-state index in [2.05, 4.69) is 0 Å². The minimum absolute atomic E-state index is 0.285. The highest BCUT2D eigenvalue weighted by molar-refractivity contribution is 4.82. The molecule has 1 N–H and O–H groups in total. The van der Waals surface area contributed by atoms with Crippen LogP contribution in [0.2, 0.25) is 0 Å². The molecule has 2 unspecified atom stereocenters. The molecule has 2 rings (SSSR count). The van der Waals surface area contributed by atoms with Gasteiger partial charge >= 0.3 is 0 Å². The Hall–Kier alpha value is -0.120. The summed E-state index contributed by atoms with van der Waals surface area (Å²) in [6.45, 7) is 1.43. The van der Waals surface area contributed by atoms with Gasteiger partial charge in [-0.15, -0.1) is 0 Å². The van der Waals surface area contributed by atoms with Crippen LogP contribution in [0.5, 0.6) is 0 Å². The molecular weight excluding hydrogens is 130 g/mol. The number of ether oxygens (including phenoxy) is 1. The van der Waals surface area contributed by atoms with Gasteiger partial charge in [0.25, 0.3) is 0 Å². The summed E-state index contributed by atoms with van der Waals surface area (Å²) in [6, 6.07) is 0.569. The fourth-order valence-electron chi connectivity index (χ4n) is 1.81. The molecule has 2 bridgehead atoms. The highest BCUT2D eigenvalue weighted by atomic mass is 16.5. The van der Waals surface area contributed by atoms with Gasteiger partial charge in [0, 0.05) is 0 Å². The van der Waals surface area contributed by atoms with E-state index in [1.54, 1.807) is 0 Å². The second kappa shape index (κ2) is 2.49. The van der Waals surface area contributed by atoms with Gasteiger partial charge in [-0.3, -0.25) is 0 Å². The van der Waals surface area contributed by atoms with E-state index in [9.17, 15) is 5.21 Å². The Bertz CT molecular complexity index is 107. The van der Waals surface area contributed by atoms with E-state index in [0.717, 1.165) is 12.8 Å². The molecule has 0 aromatic rings. The van der Waals surface area contributed by atoms with Gasteiger partial charge in [0.05, 0.1) is 25.3 Å². The smallest absolute Gasteiger partial charge is 0.0646 e. The quantitative estimate of drug-likeness (QED) is 0.540. The molecule has 3 nitrogen and oxygen atoms in total. The molecule has 2 fully saturated rings. The van der Waals surface area contributed by atoms with Gasteiger partial charge in [0.15, 0.2) is 0 Å². The SMILES string of the molecule is ON1C2CCCC1COC2. The van der Waals surface area contributed by atoms with Crippen LogP contribution in [0, 0.1) is 0 Å². The van der Waals surface area contributed by atoms with Crippen LogP contribution >= 0.6 is 0 Å². The third-order valence-electron chi connectivity index (χ3n) is 2.44. The fourth-order valence-corrected chi connectivity index (χ4v) is 1.81. The summed E-state index contributed by atoms with van der Waals surface area (Å²) >= 11 is 0. The molecule has 3 heteroatoms. The van der Waals surface area contributed by atoms with Crippen molar-refractivity contribution in [2.45, 2.75) is 31.3 Å². The van der Waals surface area contributed by atoms with Gasteiger partial charge < -0.3 is 9.94 Å². The molecule has 10 heavy (non-hydrogen) atoms. The first-order chi connectivity index (χ1) is 4.88. The summed E-state index contributed by atoms with van der Waals surface area (Å²) in [5.41, 5.74) is 0. The lowest BCUT2D eigenvalue weighted by molar-refractivity contribution is -0.230. The van der Waals surface area contributed by atoms with Crippen molar-refractivity contribution in [3.05, 3.63) is 0 Å². The van der Waals surface area contributed by atoms with Crippen molar-refractivity contribution < 1.29 is 9.94 Å². The number of fused-ring (bicyclic) bond motifs is 2. The predicted octanol–water partition coefficient (Wildman–Crippen LogP) is 0.629. The monoisotopic (exact) mass is 143 g/mol. The molecule has 2 aliphatic rings. The Morgan fingerprint density at radius 1 is 1.20 bits per heavy atom. The molecule has 58 valence electrons. The zero-order valence-electron chi connectivity index (χ0n) is 5.99. The maximum atomic E-state index is 9.44. The van der Waals surface area contributed by atoms with Crippen LogP contribution < -0.4 is 0 Å². The van der Waals surface area contributed by atoms with Crippen LogP contribution in [0.4, 0.5) is 0 Å². The third-order valence-corrected chi connectivity index (χ3v) is 2.44. The predicted molar refractivity (Wildman–Crippen MR) is 35.9 cm³/mol. The van der Waals surface area contributed by atoms with Gasteiger partial charge in [0.2, 0.25) is 0 Å². The second-order valence-corrected chi connectivity index (χ2v) is 3.16. The molecule has 0 aliphatic carbocycles. The Morgan fingerprint density at radius 3 is 2.30 bits per heavy atom. The van der Waals surface area contributed by atoms with Crippen LogP contribution in [0.3, 0.4) is 0 Å². The van der Waals surface area contributed by atoms with Gasteiger partial charge in [-0.1, -0.05) is 0 Å². The summed E-state index contributed by atoms with van der Waals surface area (Å²) in [6.07, 6.45) is 3.43. The molecule has 0 aromatic heterocycles.